The Morgan fingerprint density at radius 2 is 2.05 bits per heavy atom. The fourth-order valence-corrected chi connectivity index (χ4v) is 1.65. The molecule has 116 valence electrons. The maximum atomic E-state index is 13.9. The van der Waals surface area contributed by atoms with Gasteiger partial charge in [-0.15, -0.1) is 0 Å². The molecule has 1 amide bonds. The third kappa shape index (κ3) is 4.94. The van der Waals surface area contributed by atoms with E-state index in [-0.39, 0.29) is 17.9 Å². The zero-order valence-electron chi connectivity index (χ0n) is 12.5. The van der Waals surface area contributed by atoms with Crippen molar-refractivity contribution in [1.82, 2.24) is 5.32 Å². The molecular formula is C14H20FN3O3. The lowest BCUT2D eigenvalue weighted by Gasteiger charge is -2.20. The van der Waals surface area contributed by atoms with Crippen LogP contribution in [0.25, 0.3) is 0 Å². The van der Waals surface area contributed by atoms with Crippen LogP contribution in [0.5, 0.6) is 5.75 Å². The highest BCUT2D eigenvalue weighted by Gasteiger charge is 2.17. The van der Waals surface area contributed by atoms with Gasteiger partial charge >= 0.3 is 6.09 Å². The highest BCUT2D eigenvalue weighted by Crippen LogP contribution is 2.23. The molecular weight excluding hydrogens is 277 g/mol. The van der Waals surface area contributed by atoms with E-state index in [1.807, 2.05) is 0 Å². The Labute approximate surface area is 122 Å². The Hall–Kier alpha value is -2.31. The van der Waals surface area contributed by atoms with E-state index >= 15 is 0 Å². The summed E-state index contributed by atoms with van der Waals surface area (Å²) in [6.07, 6.45) is -0.600. The first kappa shape index (κ1) is 16.7. The lowest BCUT2D eigenvalue weighted by atomic mass is 10.1. The van der Waals surface area contributed by atoms with E-state index in [0.29, 0.717) is 5.56 Å². The summed E-state index contributed by atoms with van der Waals surface area (Å²) >= 11 is 0. The summed E-state index contributed by atoms with van der Waals surface area (Å²) in [6.45, 7) is 5.31. The molecule has 6 nitrogen and oxygen atoms in total. The van der Waals surface area contributed by atoms with Gasteiger partial charge in [-0.2, -0.15) is 0 Å². The molecule has 4 N–H and O–H groups in total. The average Bonchev–Trinajstić information content (AvgIpc) is 2.32. The Morgan fingerprint density at radius 1 is 1.43 bits per heavy atom. The molecule has 0 aliphatic rings. The number of amides is 1. The molecule has 0 aliphatic carbocycles. The molecule has 0 atom stereocenters. The van der Waals surface area contributed by atoms with E-state index in [1.54, 1.807) is 20.8 Å². The number of carbonyl (C=O) groups excluding carboxylic acids is 1. The predicted octanol–water partition coefficient (Wildman–Crippen LogP) is 2.14. The Kier molecular flexibility index (Phi) is 5.12. The monoisotopic (exact) mass is 297 g/mol. The number of carbonyl (C=O) groups is 1. The molecule has 0 saturated carbocycles. The number of halogens is 1. The van der Waals surface area contributed by atoms with Crippen LogP contribution < -0.4 is 15.8 Å². The van der Waals surface area contributed by atoms with Gasteiger partial charge in [0.05, 0.1) is 12.7 Å². The van der Waals surface area contributed by atoms with E-state index in [0.717, 1.165) is 0 Å². The quantitative estimate of drug-likeness (QED) is 0.586. The van der Waals surface area contributed by atoms with Crippen molar-refractivity contribution in [3.8, 4) is 5.75 Å². The normalized spacial score (nSPS) is 10.9. The van der Waals surface area contributed by atoms with Gasteiger partial charge in [0.15, 0.2) is 0 Å². The van der Waals surface area contributed by atoms with Crippen molar-refractivity contribution in [1.29, 1.82) is 5.41 Å². The van der Waals surface area contributed by atoms with Crippen LogP contribution in [-0.2, 0) is 11.3 Å². The van der Waals surface area contributed by atoms with Gasteiger partial charge in [0.25, 0.3) is 0 Å². The molecule has 0 spiro atoms. The SMILES string of the molecule is COc1cc(CNC(=O)OC(C)(C)C)cc(F)c1C(=N)N. The highest BCUT2D eigenvalue weighted by molar-refractivity contribution is 5.98. The summed E-state index contributed by atoms with van der Waals surface area (Å²) in [5.41, 5.74) is 5.07. The van der Waals surface area contributed by atoms with Gasteiger partial charge in [0.2, 0.25) is 0 Å². The smallest absolute Gasteiger partial charge is 0.407 e. The largest absolute Gasteiger partial charge is 0.496 e. The summed E-state index contributed by atoms with van der Waals surface area (Å²) in [4.78, 5) is 11.5. The molecule has 1 aromatic rings. The van der Waals surface area contributed by atoms with Crippen LogP contribution in [-0.4, -0.2) is 24.6 Å². The molecule has 0 bridgehead atoms. The van der Waals surface area contributed by atoms with Crippen molar-refractivity contribution in [3.05, 3.63) is 29.1 Å². The number of ether oxygens (including phenoxy) is 2. The first-order valence-corrected chi connectivity index (χ1v) is 6.31. The summed E-state index contributed by atoms with van der Waals surface area (Å²) in [7, 11) is 1.35. The van der Waals surface area contributed by atoms with E-state index in [9.17, 15) is 9.18 Å². The van der Waals surface area contributed by atoms with Gasteiger partial charge in [-0.3, -0.25) is 5.41 Å². The zero-order chi connectivity index (χ0) is 16.2. The molecule has 0 heterocycles. The number of methoxy groups -OCH3 is 1. The number of nitrogens with one attached hydrogen (secondary N) is 2. The summed E-state index contributed by atoms with van der Waals surface area (Å²) in [6, 6.07) is 2.70. The number of alkyl carbamates (subject to hydrolysis) is 1. The summed E-state index contributed by atoms with van der Waals surface area (Å²) < 4.78 is 24.0. The molecule has 0 radical (unpaired) electrons. The second kappa shape index (κ2) is 6.43. The fraction of sp³-hybridized carbons (Fsp3) is 0.429. The third-order valence-corrected chi connectivity index (χ3v) is 2.44. The van der Waals surface area contributed by atoms with Crippen molar-refractivity contribution in [2.24, 2.45) is 5.73 Å². The minimum Gasteiger partial charge on any atom is -0.496 e. The van der Waals surface area contributed by atoms with E-state index in [1.165, 1.54) is 19.2 Å². The number of hydrogen-bond donors (Lipinski definition) is 3. The third-order valence-electron chi connectivity index (χ3n) is 2.44. The molecule has 0 saturated heterocycles. The minimum atomic E-state index is -0.678. The van der Waals surface area contributed by atoms with Crippen LogP contribution in [0.2, 0.25) is 0 Å². The summed E-state index contributed by atoms with van der Waals surface area (Å²) in [5, 5.41) is 9.84. The highest BCUT2D eigenvalue weighted by atomic mass is 19.1. The molecule has 1 rings (SSSR count). The number of nitrogen functional groups attached to an aromatic ring is 1. The van der Waals surface area contributed by atoms with Crippen molar-refractivity contribution in [2.45, 2.75) is 32.9 Å². The molecule has 7 heteroatoms. The molecule has 21 heavy (non-hydrogen) atoms. The van der Waals surface area contributed by atoms with E-state index < -0.39 is 23.3 Å². The molecule has 0 fully saturated rings. The minimum absolute atomic E-state index is 0.0698. The fourth-order valence-electron chi connectivity index (χ4n) is 1.65. The standard InChI is InChI=1S/C14H20FN3O3/c1-14(2,3)21-13(19)18-7-8-5-9(15)11(12(16)17)10(6-8)20-4/h5-6H,7H2,1-4H3,(H3,16,17)(H,18,19). The van der Waals surface area contributed by atoms with Gasteiger partial charge in [-0.1, -0.05) is 0 Å². The lowest BCUT2D eigenvalue weighted by Crippen LogP contribution is -2.32. The first-order chi connectivity index (χ1) is 9.64. The van der Waals surface area contributed by atoms with Crippen LogP contribution >= 0.6 is 0 Å². The van der Waals surface area contributed by atoms with Crippen LogP contribution in [0.4, 0.5) is 9.18 Å². The number of benzene rings is 1. The zero-order valence-corrected chi connectivity index (χ0v) is 12.5. The van der Waals surface area contributed by atoms with Crippen LogP contribution in [0.15, 0.2) is 12.1 Å². The van der Waals surface area contributed by atoms with Crippen LogP contribution in [0, 0.1) is 11.2 Å². The molecule has 0 aliphatic heterocycles. The topological polar surface area (TPSA) is 97.4 Å². The van der Waals surface area contributed by atoms with Gasteiger partial charge < -0.3 is 20.5 Å². The number of hydrogen-bond acceptors (Lipinski definition) is 4. The maximum Gasteiger partial charge on any atom is 0.407 e. The summed E-state index contributed by atoms with van der Waals surface area (Å²) in [5.74, 6) is -0.956. The van der Waals surface area contributed by atoms with Crippen molar-refractivity contribution >= 4 is 11.9 Å². The lowest BCUT2D eigenvalue weighted by molar-refractivity contribution is 0.0523. The number of amidine groups is 1. The predicted molar refractivity (Wildman–Crippen MR) is 77.0 cm³/mol. The van der Waals surface area contributed by atoms with Crippen molar-refractivity contribution in [3.63, 3.8) is 0 Å². The molecule has 0 aromatic heterocycles. The van der Waals surface area contributed by atoms with E-state index in [2.05, 4.69) is 5.32 Å². The Morgan fingerprint density at radius 3 is 2.52 bits per heavy atom. The number of nitrogens with two attached hydrogens (primary N) is 1. The van der Waals surface area contributed by atoms with Gasteiger partial charge in [-0.25, -0.2) is 9.18 Å². The van der Waals surface area contributed by atoms with Crippen LogP contribution in [0.3, 0.4) is 0 Å². The van der Waals surface area contributed by atoms with Gasteiger partial charge in [-0.05, 0) is 38.5 Å². The van der Waals surface area contributed by atoms with Crippen LogP contribution in [0.1, 0.15) is 31.9 Å². The molecule has 0 unspecified atom stereocenters. The Balaban J connectivity index is 2.84. The van der Waals surface area contributed by atoms with Gasteiger partial charge in [0, 0.05) is 6.54 Å². The second-order valence-electron chi connectivity index (χ2n) is 5.42. The average molecular weight is 297 g/mol. The van der Waals surface area contributed by atoms with Crippen molar-refractivity contribution in [2.75, 3.05) is 7.11 Å². The maximum absolute atomic E-state index is 13.9. The first-order valence-electron chi connectivity index (χ1n) is 6.31. The Bertz CT molecular complexity index is 553. The van der Waals surface area contributed by atoms with Crippen molar-refractivity contribution < 1.29 is 18.7 Å². The van der Waals surface area contributed by atoms with E-state index in [4.69, 9.17) is 20.6 Å². The molecule has 1 aromatic carbocycles. The number of rotatable bonds is 4. The second-order valence-corrected chi connectivity index (χ2v) is 5.42. The van der Waals surface area contributed by atoms with Gasteiger partial charge in [0.1, 0.15) is 23.0 Å².